The van der Waals surface area contributed by atoms with Crippen LogP contribution in [0.3, 0.4) is 0 Å². The number of ether oxygens (including phenoxy) is 2. The van der Waals surface area contributed by atoms with Gasteiger partial charge in [0.1, 0.15) is 11.5 Å². The highest BCUT2D eigenvalue weighted by atomic mass is 16.5. The summed E-state index contributed by atoms with van der Waals surface area (Å²) < 4.78 is 11.2. The monoisotopic (exact) mass is 350 g/mol. The minimum absolute atomic E-state index is 0.269. The van der Waals surface area contributed by atoms with Gasteiger partial charge in [-0.15, -0.1) is 0 Å². The van der Waals surface area contributed by atoms with E-state index < -0.39 is 0 Å². The van der Waals surface area contributed by atoms with Crippen molar-refractivity contribution >= 4 is 12.6 Å². The standard InChI is InChI=1S/C22H22O4/c1-25-21-15(11-23)7-13-3-4-14-8-16(12-24)22(26-2)20(10-14)18-6-5-17(18)19(21)9-13/h7-12,17-18H,3-6H2,1-2H3. The number of methoxy groups -OCH3 is 2. The average Bonchev–Trinajstić information content (AvgIpc) is 2.63. The van der Waals surface area contributed by atoms with Crippen LogP contribution in [0.1, 0.15) is 67.6 Å². The quantitative estimate of drug-likeness (QED) is 0.780. The van der Waals surface area contributed by atoms with Gasteiger partial charge in [-0.2, -0.15) is 0 Å². The minimum Gasteiger partial charge on any atom is -0.496 e. The highest BCUT2D eigenvalue weighted by Crippen LogP contribution is 2.54. The van der Waals surface area contributed by atoms with E-state index in [0.29, 0.717) is 22.6 Å². The maximum absolute atomic E-state index is 11.6. The van der Waals surface area contributed by atoms with Crippen LogP contribution in [0.4, 0.5) is 0 Å². The van der Waals surface area contributed by atoms with Gasteiger partial charge in [0.05, 0.1) is 25.3 Å². The normalized spacial score (nSPS) is 20.4. The predicted octanol–water partition coefficient (Wildman–Crippen LogP) is 4.09. The third kappa shape index (κ3) is 2.52. The maximum atomic E-state index is 11.6. The van der Waals surface area contributed by atoms with Crippen LogP contribution in [0.25, 0.3) is 0 Å². The van der Waals surface area contributed by atoms with Crippen LogP contribution in [0.15, 0.2) is 24.3 Å². The number of fused-ring (bicyclic) bond motifs is 7. The van der Waals surface area contributed by atoms with Crippen LogP contribution in [0, 0.1) is 0 Å². The van der Waals surface area contributed by atoms with E-state index in [1.54, 1.807) is 14.2 Å². The van der Waals surface area contributed by atoms with Gasteiger partial charge < -0.3 is 9.47 Å². The van der Waals surface area contributed by atoms with Crippen molar-refractivity contribution in [1.82, 2.24) is 0 Å². The highest BCUT2D eigenvalue weighted by Gasteiger charge is 2.38. The van der Waals surface area contributed by atoms with E-state index in [4.69, 9.17) is 9.47 Å². The molecule has 2 aromatic carbocycles. The molecule has 0 amide bonds. The fourth-order valence-electron chi connectivity index (χ4n) is 4.50. The summed E-state index contributed by atoms with van der Waals surface area (Å²) in [5.41, 5.74) is 5.72. The molecule has 4 bridgehead atoms. The summed E-state index contributed by atoms with van der Waals surface area (Å²) in [5, 5.41) is 0. The first kappa shape index (κ1) is 16.8. The highest BCUT2D eigenvalue weighted by molar-refractivity contribution is 5.82. The Morgan fingerprint density at radius 1 is 0.769 bits per heavy atom. The molecule has 2 unspecified atom stereocenters. The molecule has 0 N–H and O–H groups in total. The molecule has 0 aliphatic heterocycles. The minimum atomic E-state index is 0.269. The third-order valence-electron chi connectivity index (χ3n) is 5.85. The van der Waals surface area contributed by atoms with Crippen molar-refractivity contribution < 1.29 is 19.1 Å². The van der Waals surface area contributed by atoms with Crippen LogP contribution in [0.5, 0.6) is 11.5 Å². The Hall–Kier alpha value is -2.62. The predicted molar refractivity (Wildman–Crippen MR) is 98.9 cm³/mol. The number of carbonyl (C=O) groups is 2. The lowest BCUT2D eigenvalue weighted by molar-refractivity contribution is 0.111. The molecule has 4 rings (SSSR count). The zero-order valence-corrected chi connectivity index (χ0v) is 15.1. The summed E-state index contributed by atoms with van der Waals surface area (Å²) >= 11 is 0. The molecule has 2 aliphatic rings. The van der Waals surface area contributed by atoms with Crippen molar-refractivity contribution in [3.63, 3.8) is 0 Å². The topological polar surface area (TPSA) is 52.6 Å². The van der Waals surface area contributed by atoms with E-state index in [1.807, 2.05) is 12.1 Å². The van der Waals surface area contributed by atoms with Crippen LogP contribution in [-0.4, -0.2) is 26.8 Å². The van der Waals surface area contributed by atoms with Crippen LogP contribution < -0.4 is 9.47 Å². The van der Waals surface area contributed by atoms with Crippen LogP contribution >= 0.6 is 0 Å². The van der Waals surface area contributed by atoms with Gasteiger partial charge in [0.15, 0.2) is 12.6 Å². The number of aldehydes is 2. The molecule has 2 atom stereocenters. The number of benzene rings is 2. The molecule has 2 aliphatic carbocycles. The van der Waals surface area contributed by atoms with E-state index >= 15 is 0 Å². The van der Waals surface area contributed by atoms with Crippen molar-refractivity contribution in [1.29, 1.82) is 0 Å². The average molecular weight is 350 g/mol. The smallest absolute Gasteiger partial charge is 0.153 e. The molecular formula is C22H22O4. The van der Waals surface area contributed by atoms with Gasteiger partial charge in [0.25, 0.3) is 0 Å². The van der Waals surface area contributed by atoms with E-state index in [-0.39, 0.29) is 11.8 Å². The van der Waals surface area contributed by atoms with E-state index in [1.165, 1.54) is 0 Å². The van der Waals surface area contributed by atoms with Crippen molar-refractivity contribution in [2.45, 2.75) is 37.5 Å². The lowest BCUT2D eigenvalue weighted by atomic mass is 9.65. The second-order valence-electron chi connectivity index (χ2n) is 7.14. The molecule has 0 aromatic heterocycles. The summed E-state index contributed by atoms with van der Waals surface area (Å²) in [7, 11) is 3.24. The molecular weight excluding hydrogens is 328 g/mol. The molecule has 1 fully saturated rings. The van der Waals surface area contributed by atoms with Gasteiger partial charge in [-0.05, 0) is 71.9 Å². The van der Waals surface area contributed by atoms with Crippen molar-refractivity contribution in [3.8, 4) is 11.5 Å². The van der Waals surface area contributed by atoms with Gasteiger partial charge in [0, 0.05) is 0 Å². The largest absolute Gasteiger partial charge is 0.496 e. The van der Waals surface area contributed by atoms with E-state index in [9.17, 15) is 9.59 Å². The van der Waals surface area contributed by atoms with Crippen molar-refractivity contribution in [2.24, 2.45) is 0 Å². The van der Waals surface area contributed by atoms with Gasteiger partial charge in [-0.3, -0.25) is 9.59 Å². The summed E-state index contributed by atoms with van der Waals surface area (Å²) in [4.78, 5) is 23.2. The number of rotatable bonds is 4. The Morgan fingerprint density at radius 3 is 1.50 bits per heavy atom. The third-order valence-corrected chi connectivity index (χ3v) is 5.85. The first-order valence-electron chi connectivity index (χ1n) is 9.02. The number of hydrogen-bond donors (Lipinski definition) is 0. The second kappa shape index (κ2) is 6.60. The number of carbonyl (C=O) groups excluding carboxylic acids is 2. The molecule has 1 saturated carbocycles. The Morgan fingerprint density at radius 2 is 1.19 bits per heavy atom. The summed E-state index contributed by atoms with van der Waals surface area (Å²) in [6.07, 6.45) is 5.48. The first-order chi connectivity index (χ1) is 12.7. The van der Waals surface area contributed by atoms with Gasteiger partial charge in [-0.25, -0.2) is 0 Å². The summed E-state index contributed by atoms with van der Waals surface area (Å²) in [6.45, 7) is 0. The zero-order chi connectivity index (χ0) is 18.3. The zero-order valence-electron chi connectivity index (χ0n) is 15.1. The molecule has 2 aromatic rings. The molecule has 4 heteroatoms. The molecule has 4 nitrogen and oxygen atoms in total. The number of aryl methyl sites for hydroxylation is 2. The number of hydrogen-bond acceptors (Lipinski definition) is 4. The van der Waals surface area contributed by atoms with Crippen LogP contribution in [-0.2, 0) is 12.8 Å². The van der Waals surface area contributed by atoms with E-state index in [2.05, 4.69) is 12.1 Å². The van der Waals surface area contributed by atoms with Gasteiger partial charge >= 0.3 is 0 Å². The lowest BCUT2D eigenvalue weighted by Crippen LogP contribution is -2.24. The van der Waals surface area contributed by atoms with Crippen molar-refractivity contribution in [3.05, 3.63) is 57.6 Å². The van der Waals surface area contributed by atoms with Gasteiger partial charge in [-0.1, -0.05) is 12.1 Å². The first-order valence-corrected chi connectivity index (χ1v) is 9.02. The van der Waals surface area contributed by atoms with Gasteiger partial charge in [0.2, 0.25) is 0 Å². The summed E-state index contributed by atoms with van der Waals surface area (Å²) in [6, 6.07) is 8.24. The Kier molecular flexibility index (Phi) is 4.27. The Labute approximate surface area is 153 Å². The Balaban J connectivity index is 1.92. The molecule has 26 heavy (non-hydrogen) atoms. The molecule has 0 heterocycles. The fourth-order valence-corrected chi connectivity index (χ4v) is 4.50. The maximum Gasteiger partial charge on any atom is 0.153 e. The Bertz CT molecular complexity index is 811. The summed E-state index contributed by atoms with van der Waals surface area (Å²) in [5.74, 6) is 1.91. The molecule has 134 valence electrons. The second-order valence-corrected chi connectivity index (χ2v) is 7.14. The lowest BCUT2D eigenvalue weighted by Gasteiger charge is -2.40. The van der Waals surface area contributed by atoms with Crippen molar-refractivity contribution in [2.75, 3.05) is 14.2 Å². The van der Waals surface area contributed by atoms with Crippen LogP contribution in [0.2, 0.25) is 0 Å². The molecule has 0 saturated heterocycles. The fraction of sp³-hybridized carbons (Fsp3) is 0.364. The molecule has 0 radical (unpaired) electrons. The molecule has 0 spiro atoms. The van der Waals surface area contributed by atoms with E-state index in [0.717, 1.165) is 60.5 Å². The SMILES string of the molecule is COc1c(C=O)cc2cc1C1CCC1c1cc(cc(C=O)c1OC)CC2.